The van der Waals surface area contributed by atoms with Gasteiger partial charge in [-0.15, -0.1) is 0 Å². The standard InChI is InChI=1S/C26H33NO4/c28-22(19-31-23-8-4-3-5-9-23)16-14-21-15-17-25(29)24(21)10-6-1-2-7-11-26(30)27-18-20-12-13-20/h1,3-6,8-9,14-16,20,22,24,28H,2,7,10-13,17-19H2,(H,27,30)/t22-,24?/m1/s1. The van der Waals surface area contributed by atoms with Crippen molar-refractivity contribution in [2.75, 3.05) is 13.2 Å². The van der Waals surface area contributed by atoms with Gasteiger partial charge in [-0.2, -0.15) is 0 Å². The van der Waals surface area contributed by atoms with Crippen LogP contribution < -0.4 is 10.1 Å². The monoisotopic (exact) mass is 423 g/mol. The molecule has 2 aliphatic rings. The molecular weight excluding hydrogens is 390 g/mol. The first-order chi connectivity index (χ1) is 15.1. The highest BCUT2D eigenvalue weighted by atomic mass is 16.5. The number of para-hydroxylation sites is 1. The van der Waals surface area contributed by atoms with Crippen molar-refractivity contribution in [2.24, 2.45) is 11.8 Å². The minimum absolute atomic E-state index is 0.136. The fourth-order valence-electron chi connectivity index (χ4n) is 3.52. The van der Waals surface area contributed by atoms with Gasteiger partial charge in [0.25, 0.3) is 0 Å². The van der Waals surface area contributed by atoms with Crippen LogP contribution in [0, 0.1) is 11.8 Å². The summed E-state index contributed by atoms with van der Waals surface area (Å²) in [5.41, 5.74) is 0.952. The van der Waals surface area contributed by atoms with E-state index in [1.165, 1.54) is 12.8 Å². The summed E-state index contributed by atoms with van der Waals surface area (Å²) in [6.07, 6.45) is 14.6. The number of Topliss-reactive ketones (excluding diaryl/α,β-unsaturated/α-hetero) is 1. The zero-order valence-corrected chi connectivity index (χ0v) is 18.0. The van der Waals surface area contributed by atoms with Crippen LogP contribution in [0.5, 0.6) is 5.75 Å². The van der Waals surface area contributed by atoms with Gasteiger partial charge in [-0.05, 0) is 55.7 Å². The molecule has 166 valence electrons. The van der Waals surface area contributed by atoms with Crippen LogP contribution in [0.1, 0.15) is 44.9 Å². The fraction of sp³-hybridized carbons (Fsp3) is 0.462. The molecule has 1 amide bonds. The van der Waals surface area contributed by atoms with Gasteiger partial charge in [0.05, 0.1) is 0 Å². The molecule has 0 bridgehead atoms. The Balaban J connectivity index is 1.34. The minimum Gasteiger partial charge on any atom is -0.491 e. The van der Waals surface area contributed by atoms with Gasteiger partial charge < -0.3 is 15.2 Å². The van der Waals surface area contributed by atoms with Crippen molar-refractivity contribution >= 4 is 11.7 Å². The Morgan fingerprint density at radius 3 is 2.81 bits per heavy atom. The van der Waals surface area contributed by atoms with Crippen molar-refractivity contribution < 1.29 is 19.4 Å². The van der Waals surface area contributed by atoms with E-state index in [1.807, 2.05) is 48.6 Å². The zero-order valence-electron chi connectivity index (χ0n) is 18.0. The number of ether oxygens (including phenoxy) is 1. The van der Waals surface area contributed by atoms with E-state index in [-0.39, 0.29) is 24.2 Å². The van der Waals surface area contributed by atoms with Gasteiger partial charge in [-0.1, -0.05) is 48.6 Å². The lowest BCUT2D eigenvalue weighted by Crippen LogP contribution is -2.24. The van der Waals surface area contributed by atoms with E-state index in [4.69, 9.17) is 4.74 Å². The number of aliphatic hydroxyl groups excluding tert-OH is 1. The van der Waals surface area contributed by atoms with Crippen LogP contribution >= 0.6 is 0 Å². The molecule has 0 spiro atoms. The molecule has 1 unspecified atom stereocenters. The average molecular weight is 424 g/mol. The van der Waals surface area contributed by atoms with Gasteiger partial charge in [0.2, 0.25) is 5.91 Å². The number of nitrogens with one attached hydrogen (secondary N) is 1. The molecule has 2 N–H and O–H groups in total. The Labute approximate surface area is 184 Å². The molecule has 0 saturated heterocycles. The van der Waals surface area contributed by atoms with Gasteiger partial charge in [-0.3, -0.25) is 9.59 Å². The SMILES string of the molecule is O=C(CCCC=CCC1C(=O)CC=C1C=C[C@@H](O)COc1ccccc1)NCC1CC1. The summed E-state index contributed by atoms with van der Waals surface area (Å²) in [5, 5.41) is 13.1. The number of carbonyl (C=O) groups is 2. The van der Waals surface area contributed by atoms with E-state index < -0.39 is 6.10 Å². The summed E-state index contributed by atoms with van der Waals surface area (Å²) in [7, 11) is 0. The first-order valence-electron chi connectivity index (χ1n) is 11.3. The zero-order chi connectivity index (χ0) is 21.9. The van der Waals surface area contributed by atoms with Gasteiger partial charge in [0.1, 0.15) is 24.2 Å². The summed E-state index contributed by atoms with van der Waals surface area (Å²) in [5.74, 6) is 1.61. The fourth-order valence-corrected chi connectivity index (χ4v) is 3.52. The maximum absolute atomic E-state index is 12.2. The van der Waals surface area contributed by atoms with E-state index in [0.29, 0.717) is 30.9 Å². The van der Waals surface area contributed by atoms with Crippen molar-refractivity contribution in [2.45, 2.75) is 51.0 Å². The lowest BCUT2D eigenvalue weighted by atomic mass is 9.95. The molecule has 3 rings (SSSR count). The molecule has 0 radical (unpaired) electrons. The number of ketones is 1. The Morgan fingerprint density at radius 2 is 2.03 bits per heavy atom. The molecule has 1 aromatic carbocycles. The summed E-state index contributed by atoms with van der Waals surface area (Å²) < 4.78 is 5.55. The molecule has 2 atom stereocenters. The molecule has 1 aromatic rings. The predicted octanol–water partition coefficient (Wildman–Crippen LogP) is 4.14. The van der Waals surface area contributed by atoms with E-state index in [2.05, 4.69) is 11.4 Å². The van der Waals surface area contributed by atoms with E-state index >= 15 is 0 Å². The summed E-state index contributed by atoms with van der Waals surface area (Å²) in [4.78, 5) is 24.0. The Kier molecular flexibility index (Phi) is 9.10. The number of amides is 1. The first-order valence-corrected chi connectivity index (χ1v) is 11.3. The second-order valence-corrected chi connectivity index (χ2v) is 8.32. The third kappa shape index (κ3) is 8.54. The Morgan fingerprint density at radius 1 is 1.23 bits per heavy atom. The third-order valence-electron chi connectivity index (χ3n) is 5.60. The number of hydrogen-bond donors (Lipinski definition) is 2. The molecule has 5 nitrogen and oxygen atoms in total. The average Bonchev–Trinajstić information content (AvgIpc) is 3.55. The maximum Gasteiger partial charge on any atom is 0.220 e. The van der Waals surface area contributed by atoms with E-state index in [0.717, 1.165) is 25.0 Å². The first kappa shape index (κ1) is 23.0. The van der Waals surface area contributed by atoms with E-state index in [1.54, 1.807) is 6.08 Å². The van der Waals surface area contributed by atoms with Gasteiger partial charge >= 0.3 is 0 Å². The Bertz CT molecular complexity index is 808. The molecule has 2 aliphatic carbocycles. The number of carbonyl (C=O) groups excluding carboxylic acids is 2. The highest BCUT2D eigenvalue weighted by Crippen LogP contribution is 2.28. The number of aliphatic hydroxyl groups is 1. The van der Waals surface area contributed by atoms with Crippen molar-refractivity contribution in [3.63, 3.8) is 0 Å². The van der Waals surface area contributed by atoms with Crippen LogP contribution in [-0.4, -0.2) is 36.1 Å². The highest BCUT2D eigenvalue weighted by molar-refractivity contribution is 5.89. The second kappa shape index (κ2) is 12.3. The number of unbranched alkanes of at least 4 members (excludes halogenated alkanes) is 1. The van der Waals surface area contributed by atoms with Gasteiger partial charge in [0.15, 0.2) is 0 Å². The molecule has 0 aliphatic heterocycles. The number of allylic oxidation sites excluding steroid dienone is 5. The lowest BCUT2D eigenvalue weighted by Gasteiger charge is -2.11. The topological polar surface area (TPSA) is 75.6 Å². The van der Waals surface area contributed by atoms with Crippen molar-refractivity contribution in [3.05, 3.63) is 66.3 Å². The van der Waals surface area contributed by atoms with Gasteiger partial charge in [-0.25, -0.2) is 0 Å². The van der Waals surface area contributed by atoms with Crippen LogP contribution in [0.2, 0.25) is 0 Å². The van der Waals surface area contributed by atoms with Crippen LogP contribution in [0.25, 0.3) is 0 Å². The van der Waals surface area contributed by atoms with E-state index in [9.17, 15) is 14.7 Å². The molecular formula is C26H33NO4. The van der Waals surface area contributed by atoms with Crippen LogP contribution in [0.4, 0.5) is 0 Å². The Hall–Kier alpha value is -2.66. The smallest absolute Gasteiger partial charge is 0.220 e. The summed E-state index contributed by atoms with van der Waals surface area (Å²) in [6, 6.07) is 9.37. The van der Waals surface area contributed by atoms with Crippen molar-refractivity contribution in [1.29, 1.82) is 0 Å². The number of rotatable bonds is 13. The quantitative estimate of drug-likeness (QED) is 0.369. The van der Waals surface area contributed by atoms with Crippen LogP contribution in [-0.2, 0) is 9.59 Å². The lowest BCUT2D eigenvalue weighted by molar-refractivity contribution is -0.121. The number of hydrogen-bond acceptors (Lipinski definition) is 4. The van der Waals surface area contributed by atoms with Crippen molar-refractivity contribution in [3.8, 4) is 5.75 Å². The van der Waals surface area contributed by atoms with Crippen LogP contribution in [0.15, 0.2) is 66.3 Å². The largest absolute Gasteiger partial charge is 0.491 e. The highest BCUT2D eigenvalue weighted by Gasteiger charge is 2.24. The minimum atomic E-state index is -0.737. The molecule has 1 fully saturated rings. The summed E-state index contributed by atoms with van der Waals surface area (Å²) >= 11 is 0. The maximum atomic E-state index is 12.2. The molecule has 5 heteroatoms. The molecule has 1 saturated carbocycles. The van der Waals surface area contributed by atoms with Crippen LogP contribution in [0.3, 0.4) is 0 Å². The molecule has 0 aromatic heterocycles. The third-order valence-corrected chi connectivity index (χ3v) is 5.60. The normalized spacial score (nSPS) is 19.7. The van der Waals surface area contributed by atoms with Gasteiger partial charge in [0, 0.05) is 25.3 Å². The van der Waals surface area contributed by atoms with Crippen molar-refractivity contribution in [1.82, 2.24) is 5.32 Å². The second-order valence-electron chi connectivity index (χ2n) is 8.32. The molecule has 0 heterocycles. The predicted molar refractivity (Wildman–Crippen MR) is 122 cm³/mol. The summed E-state index contributed by atoms with van der Waals surface area (Å²) in [6.45, 7) is 0.995. The molecule has 31 heavy (non-hydrogen) atoms. The number of benzene rings is 1.